The van der Waals surface area contributed by atoms with Crippen LogP contribution < -0.4 is 0 Å². The Hall–Kier alpha value is -0.940. The summed E-state index contributed by atoms with van der Waals surface area (Å²) in [6, 6.07) is 2.15. The van der Waals surface area contributed by atoms with Crippen LogP contribution in [0.1, 0.15) is 29.7 Å². The summed E-state index contributed by atoms with van der Waals surface area (Å²) in [5.74, 6) is 0.504. The van der Waals surface area contributed by atoms with Gasteiger partial charge in [0.25, 0.3) is 0 Å². The van der Waals surface area contributed by atoms with Gasteiger partial charge in [0.2, 0.25) is 5.91 Å². The molecule has 116 valence electrons. The molecule has 3 rings (SSSR count). The van der Waals surface area contributed by atoms with E-state index in [1.807, 2.05) is 16.2 Å². The average Bonchev–Trinajstić information content (AvgIpc) is 3.00. The second kappa shape index (κ2) is 6.88. The number of nitrogens with zero attached hydrogens (tertiary/aromatic N) is 2. The maximum absolute atomic E-state index is 12.7. The van der Waals surface area contributed by atoms with Gasteiger partial charge in [-0.25, -0.2) is 0 Å². The van der Waals surface area contributed by atoms with Crippen molar-refractivity contribution in [2.45, 2.75) is 32.2 Å². The maximum Gasteiger partial charge on any atom is 0.226 e. The molecule has 21 heavy (non-hydrogen) atoms. The minimum atomic E-state index is -0.240. The van der Waals surface area contributed by atoms with Crippen LogP contribution in [0.3, 0.4) is 0 Å². The molecule has 0 aromatic carbocycles. The number of carbonyl (C=O) groups is 1. The SMILES string of the molecule is O=C(C1CCN(CCCF)CC1)N1CCc2sccc2C1. The highest BCUT2D eigenvalue weighted by Crippen LogP contribution is 2.27. The molecule has 5 heteroatoms. The maximum atomic E-state index is 12.7. The molecular weight excluding hydrogens is 287 g/mol. The molecular formula is C16H23FN2OS. The van der Waals surface area contributed by atoms with Gasteiger partial charge in [0.15, 0.2) is 0 Å². The zero-order chi connectivity index (χ0) is 14.7. The first-order chi connectivity index (χ1) is 10.3. The number of fused-ring (bicyclic) bond motifs is 1. The molecule has 0 aliphatic carbocycles. The van der Waals surface area contributed by atoms with Crippen molar-refractivity contribution in [2.24, 2.45) is 5.92 Å². The van der Waals surface area contributed by atoms with Crippen molar-refractivity contribution in [3.8, 4) is 0 Å². The molecule has 1 fully saturated rings. The van der Waals surface area contributed by atoms with Crippen LogP contribution in [0.5, 0.6) is 0 Å². The van der Waals surface area contributed by atoms with Gasteiger partial charge in [0.05, 0.1) is 6.67 Å². The lowest BCUT2D eigenvalue weighted by atomic mass is 9.94. The fourth-order valence-electron chi connectivity index (χ4n) is 3.38. The number of likely N-dealkylation sites (tertiary alicyclic amines) is 1. The number of halogens is 1. The fraction of sp³-hybridized carbons (Fsp3) is 0.688. The van der Waals surface area contributed by atoms with Gasteiger partial charge in [0, 0.05) is 30.4 Å². The summed E-state index contributed by atoms with van der Waals surface area (Å²) in [4.78, 5) is 18.4. The summed E-state index contributed by atoms with van der Waals surface area (Å²) in [5.41, 5.74) is 1.33. The molecule has 2 aliphatic heterocycles. The third-order valence-electron chi connectivity index (χ3n) is 4.66. The Morgan fingerprint density at radius 1 is 1.33 bits per heavy atom. The van der Waals surface area contributed by atoms with Gasteiger partial charge < -0.3 is 9.80 Å². The molecule has 0 N–H and O–H groups in total. The number of hydrogen-bond acceptors (Lipinski definition) is 3. The standard InChI is InChI=1S/C16H23FN2OS/c17-6-1-7-18-8-2-13(3-9-18)16(20)19-10-4-15-14(12-19)5-11-21-15/h5,11,13H,1-4,6-10,12H2. The van der Waals surface area contributed by atoms with Gasteiger partial charge >= 0.3 is 0 Å². The summed E-state index contributed by atoms with van der Waals surface area (Å²) >= 11 is 1.81. The summed E-state index contributed by atoms with van der Waals surface area (Å²) in [6.45, 7) is 4.13. The van der Waals surface area contributed by atoms with Gasteiger partial charge in [0.1, 0.15) is 0 Å². The van der Waals surface area contributed by atoms with Crippen LogP contribution in [0.25, 0.3) is 0 Å². The Balaban J connectivity index is 1.51. The molecule has 1 amide bonds. The largest absolute Gasteiger partial charge is 0.338 e. The van der Waals surface area contributed by atoms with E-state index in [4.69, 9.17) is 0 Å². The van der Waals surface area contributed by atoms with Crippen LogP contribution in [-0.2, 0) is 17.8 Å². The molecule has 0 saturated carbocycles. The Morgan fingerprint density at radius 2 is 2.14 bits per heavy atom. The Morgan fingerprint density at radius 3 is 2.90 bits per heavy atom. The van der Waals surface area contributed by atoms with E-state index in [9.17, 15) is 9.18 Å². The first kappa shape index (κ1) is 15.0. The number of alkyl halides is 1. The fourth-order valence-corrected chi connectivity index (χ4v) is 4.27. The lowest BCUT2D eigenvalue weighted by molar-refractivity contribution is -0.138. The van der Waals surface area contributed by atoms with Crippen molar-refractivity contribution < 1.29 is 9.18 Å². The molecule has 1 aromatic heterocycles. The Kier molecular flexibility index (Phi) is 4.91. The highest BCUT2D eigenvalue weighted by molar-refractivity contribution is 7.10. The molecule has 3 nitrogen and oxygen atoms in total. The number of rotatable bonds is 4. The third-order valence-corrected chi connectivity index (χ3v) is 5.69. The molecule has 1 aromatic rings. The van der Waals surface area contributed by atoms with Gasteiger partial charge in [-0.05, 0) is 55.8 Å². The van der Waals surface area contributed by atoms with Crippen molar-refractivity contribution in [3.63, 3.8) is 0 Å². The number of piperidine rings is 1. The van der Waals surface area contributed by atoms with E-state index in [-0.39, 0.29) is 12.6 Å². The first-order valence-corrected chi connectivity index (χ1v) is 8.78. The predicted molar refractivity (Wildman–Crippen MR) is 83.2 cm³/mol. The monoisotopic (exact) mass is 310 g/mol. The summed E-state index contributed by atoms with van der Waals surface area (Å²) in [5, 5.41) is 2.13. The quantitative estimate of drug-likeness (QED) is 0.854. The molecule has 0 bridgehead atoms. The average molecular weight is 310 g/mol. The van der Waals surface area contributed by atoms with Crippen LogP contribution in [0.15, 0.2) is 11.4 Å². The van der Waals surface area contributed by atoms with E-state index in [0.29, 0.717) is 12.3 Å². The molecule has 0 unspecified atom stereocenters. The summed E-state index contributed by atoms with van der Waals surface area (Å²) < 4.78 is 12.2. The smallest absolute Gasteiger partial charge is 0.226 e. The topological polar surface area (TPSA) is 23.6 Å². The Labute approximate surface area is 129 Å². The van der Waals surface area contributed by atoms with Crippen molar-refractivity contribution >= 4 is 17.2 Å². The molecule has 2 aliphatic rings. The highest BCUT2D eigenvalue weighted by Gasteiger charge is 2.30. The first-order valence-electron chi connectivity index (χ1n) is 7.90. The zero-order valence-corrected chi connectivity index (χ0v) is 13.2. The highest BCUT2D eigenvalue weighted by atomic mass is 32.1. The zero-order valence-electron chi connectivity index (χ0n) is 12.4. The minimum Gasteiger partial charge on any atom is -0.338 e. The normalized spacial score (nSPS) is 20.5. The summed E-state index contributed by atoms with van der Waals surface area (Å²) in [6.07, 6.45) is 3.48. The summed E-state index contributed by atoms with van der Waals surface area (Å²) in [7, 11) is 0. The van der Waals surface area contributed by atoms with Crippen molar-refractivity contribution in [1.82, 2.24) is 9.80 Å². The van der Waals surface area contributed by atoms with Crippen molar-refractivity contribution in [3.05, 3.63) is 21.9 Å². The van der Waals surface area contributed by atoms with Crippen molar-refractivity contribution in [1.29, 1.82) is 0 Å². The van der Waals surface area contributed by atoms with Crippen LogP contribution in [0, 0.1) is 5.92 Å². The third kappa shape index (κ3) is 3.46. The molecule has 3 heterocycles. The van der Waals surface area contributed by atoms with Crippen LogP contribution in [0.2, 0.25) is 0 Å². The minimum absolute atomic E-state index is 0.173. The van der Waals surface area contributed by atoms with Gasteiger partial charge in [-0.15, -0.1) is 11.3 Å². The molecule has 0 atom stereocenters. The van der Waals surface area contributed by atoms with Gasteiger partial charge in [-0.3, -0.25) is 9.18 Å². The number of hydrogen-bond donors (Lipinski definition) is 0. The molecule has 1 saturated heterocycles. The van der Waals surface area contributed by atoms with Gasteiger partial charge in [-0.2, -0.15) is 0 Å². The van der Waals surface area contributed by atoms with E-state index < -0.39 is 0 Å². The Bertz CT molecular complexity index is 482. The lowest BCUT2D eigenvalue weighted by Gasteiger charge is -2.35. The second-order valence-electron chi connectivity index (χ2n) is 6.04. The van der Waals surface area contributed by atoms with Crippen LogP contribution in [0.4, 0.5) is 4.39 Å². The van der Waals surface area contributed by atoms with E-state index >= 15 is 0 Å². The number of amides is 1. The van der Waals surface area contributed by atoms with Crippen LogP contribution in [-0.4, -0.2) is 48.6 Å². The van der Waals surface area contributed by atoms with E-state index in [0.717, 1.165) is 52.0 Å². The predicted octanol–water partition coefficient (Wildman–Crippen LogP) is 2.70. The number of thiophene rings is 1. The van der Waals surface area contributed by atoms with Gasteiger partial charge in [-0.1, -0.05) is 0 Å². The second-order valence-corrected chi connectivity index (χ2v) is 7.04. The van der Waals surface area contributed by atoms with Crippen LogP contribution >= 0.6 is 11.3 Å². The van der Waals surface area contributed by atoms with Crippen molar-refractivity contribution in [2.75, 3.05) is 32.9 Å². The lowest BCUT2D eigenvalue weighted by Crippen LogP contribution is -2.44. The van der Waals surface area contributed by atoms with E-state index in [1.54, 1.807) is 0 Å². The molecule has 0 spiro atoms. The molecule has 0 radical (unpaired) electrons. The van der Waals surface area contributed by atoms with E-state index in [2.05, 4.69) is 16.3 Å². The number of carbonyl (C=O) groups excluding carboxylic acids is 1. The van der Waals surface area contributed by atoms with E-state index in [1.165, 1.54) is 10.4 Å².